The molecular formula is C14H14N4O5S. The Kier molecular flexibility index (Phi) is 4.61. The van der Waals surface area contributed by atoms with Gasteiger partial charge >= 0.3 is 0 Å². The molecule has 24 heavy (non-hydrogen) atoms. The maximum Gasteiger partial charge on any atom is 0.288 e. The number of aliphatic hydroxyl groups is 3. The highest BCUT2D eigenvalue weighted by molar-refractivity contribution is 7.10. The number of thiophene rings is 1. The molecule has 1 aliphatic rings. The number of amides is 1. The number of rotatable bonds is 3. The Bertz CT molecular complexity index is 794. The lowest BCUT2D eigenvalue weighted by atomic mass is 10.1. The molecule has 0 radical (unpaired) electrons. The van der Waals surface area contributed by atoms with Crippen LogP contribution in [-0.2, 0) is 4.74 Å². The SMILES string of the molecule is NC(=O)c1nc(C#Cc2cccs2)n([C@@H]2O[C@H](CO)[C@@H](O)[C@H]2O)n1. The number of carbonyl (C=O) groups excluding carboxylic acids is 1. The van der Waals surface area contributed by atoms with Crippen LogP contribution >= 0.6 is 11.3 Å². The highest BCUT2D eigenvalue weighted by atomic mass is 32.1. The lowest BCUT2D eigenvalue weighted by Gasteiger charge is -2.15. The molecule has 1 aliphatic heterocycles. The molecule has 1 saturated heterocycles. The van der Waals surface area contributed by atoms with Gasteiger partial charge in [0, 0.05) is 0 Å². The third-order valence-electron chi connectivity index (χ3n) is 3.43. The van der Waals surface area contributed by atoms with Crippen LogP contribution in [0.2, 0.25) is 0 Å². The molecule has 0 unspecified atom stereocenters. The first kappa shape index (κ1) is 16.6. The quantitative estimate of drug-likeness (QED) is 0.491. The highest BCUT2D eigenvalue weighted by Crippen LogP contribution is 2.29. The Morgan fingerprint density at radius 2 is 2.21 bits per heavy atom. The molecule has 0 bridgehead atoms. The third-order valence-corrected chi connectivity index (χ3v) is 4.21. The van der Waals surface area contributed by atoms with Crippen molar-refractivity contribution >= 4 is 17.2 Å². The number of carbonyl (C=O) groups is 1. The standard InChI is InChI=1S/C14H14N4O5S/c15-12(22)13-16-9(4-3-7-2-1-5-24-7)18(17-13)14-11(21)10(20)8(6-19)23-14/h1-2,5,8,10-11,14,19-21H,6H2,(H2,15,22)/t8-,10-,11-,14-/m1/s1. The molecule has 9 nitrogen and oxygen atoms in total. The third kappa shape index (κ3) is 3.03. The van der Waals surface area contributed by atoms with E-state index < -0.39 is 37.1 Å². The van der Waals surface area contributed by atoms with Crippen LogP contribution in [0, 0.1) is 11.8 Å². The van der Waals surface area contributed by atoms with Gasteiger partial charge in [-0.15, -0.1) is 16.4 Å². The van der Waals surface area contributed by atoms with Gasteiger partial charge in [0.1, 0.15) is 18.3 Å². The summed E-state index contributed by atoms with van der Waals surface area (Å²) in [5.41, 5.74) is 5.18. The summed E-state index contributed by atoms with van der Waals surface area (Å²) in [5, 5.41) is 34.9. The summed E-state index contributed by atoms with van der Waals surface area (Å²) in [6.07, 6.45) is -4.80. The minimum absolute atomic E-state index is 0.0482. The zero-order valence-corrected chi connectivity index (χ0v) is 13.1. The van der Waals surface area contributed by atoms with Gasteiger partial charge in [0.15, 0.2) is 6.23 Å². The van der Waals surface area contributed by atoms with Crippen LogP contribution in [-0.4, -0.2) is 60.9 Å². The van der Waals surface area contributed by atoms with E-state index in [4.69, 9.17) is 15.6 Å². The summed E-state index contributed by atoms with van der Waals surface area (Å²) < 4.78 is 6.47. The number of nitrogens with zero attached hydrogens (tertiary/aromatic N) is 3. The van der Waals surface area contributed by atoms with Gasteiger partial charge in [0.25, 0.3) is 5.91 Å². The van der Waals surface area contributed by atoms with E-state index in [-0.39, 0.29) is 11.6 Å². The van der Waals surface area contributed by atoms with E-state index in [9.17, 15) is 15.0 Å². The molecule has 0 spiro atoms. The Morgan fingerprint density at radius 3 is 2.79 bits per heavy atom. The average Bonchev–Trinajstić information content (AvgIpc) is 3.26. The smallest absolute Gasteiger partial charge is 0.288 e. The average molecular weight is 350 g/mol. The second-order valence-corrected chi connectivity index (χ2v) is 5.97. The van der Waals surface area contributed by atoms with E-state index in [2.05, 4.69) is 21.9 Å². The molecule has 2 aromatic heterocycles. The van der Waals surface area contributed by atoms with Crippen molar-refractivity contribution in [2.45, 2.75) is 24.5 Å². The summed E-state index contributed by atoms with van der Waals surface area (Å²) in [4.78, 5) is 16.0. The van der Waals surface area contributed by atoms with Crippen LogP contribution in [0.25, 0.3) is 0 Å². The van der Waals surface area contributed by atoms with E-state index >= 15 is 0 Å². The number of primary amides is 1. The fourth-order valence-corrected chi connectivity index (χ4v) is 2.81. The van der Waals surface area contributed by atoms with E-state index in [1.54, 1.807) is 6.07 Å². The van der Waals surface area contributed by atoms with E-state index in [0.717, 1.165) is 9.56 Å². The molecule has 0 aliphatic carbocycles. The first-order chi connectivity index (χ1) is 11.5. The van der Waals surface area contributed by atoms with Gasteiger partial charge < -0.3 is 25.8 Å². The van der Waals surface area contributed by atoms with Gasteiger partial charge in [-0.1, -0.05) is 6.07 Å². The van der Waals surface area contributed by atoms with Crippen LogP contribution in [0.1, 0.15) is 27.5 Å². The first-order valence-electron chi connectivity index (χ1n) is 6.95. The molecule has 0 saturated carbocycles. The molecule has 5 N–H and O–H groups in total. The molecule has 3 rings (SSSR count). The van der Waals surface area contributed by atoms with Crippen LogP contribution in [0.4, 0.5) is 0 Å². The molecule has 0 aromatic carbocycles. The summed E-state index contributed by atoms with van der Waals surface area (Å²) in [6.45, 7) is -0.484. The number of hydrogen-bond acceptors (Lipinski definition) is 8. The van der Waals surface area contributed by atoms with Gasteiger partial charge in [-0.25, -0.2) is 4.68 Å². The van der Waals surface area contributed by atoms with Crippen molar-refractivity contribution in [3.8, 4) is 11.8 Å². The van der Waals surface area contributed by atoms with E-state index in [0.29, 0.717) is 0 Å². The largest absolute Gasteiger partial charge is 0.394 e. The van der Waals surface area contributed by atoms with E-state index in [1.165, 1.54) is 11.3 Å². The Labute approximate surface area is 140 Å². The zero-order valence-electron chi connectivity index (χ0n) is 12.2. The molecule has 4 atom stereocenters. The predicted molar refractivity (Wildman–Crippen MR) is 81.8 cm³/mol. The van der Waals surface area contributed by atoms with E-state index in [1.807, 2.05) is 11.4 Å². The summed E-state index contributed by atoms with van der Waals surface area (Å²) in [6, 6.07) is 3.64. The minimum Gasteiger partial charge on any atom is -0.394 e. The fraction of sp³-hybridized carbons (Fsp3) is 0.357. The van der Waals surface area contributed by atoms with Crippen molar-refractivity contribution in [2.75, 3.05) is 6.61 Å². The van der Waals surface area contributed by atoms with Gasteiger partial charge in [0.05, 0.1) is 11.5 Å². The number of ether oxygens (including phenoxy) is 1. The highest BCUT2D eigenvalue weighted by Gasteiger charge is 2.44. The number of hydrogen-bond donors (Lipinski definition) is 4. The van der Waals surface area contributed by atoms with Crippen LogP contribution in [0.5, 0.6) is 0 Å². The number of aliphatic hydroxyl groups excluding tert-OH is 3. The maximum atomic E-state index is 11.3. The second kappa shape index (κ2) is 6.68. The van der Waals surface area contributed by atoms with Crippen molar-refractivity contribution in [3.63, 3.8) is 0 Å². The molecule has 3 heterocycles. The van der Waals surface area contributed by atoms with Crippen molar-refractivity contribution in [3.05, 3.63) is 34.0 Å². The first-order valence-corrected chi connectivity index (χ1v) is 7.83. The monoisotopic (exact) mass is 350 g/mol. The normalized spacial score (nSPS) is 26.1. The fourth-order valence-electron chi connectivity index (χ4n) is 2.24. The van der Waals surface area contributed by atoms with Crippen molar-refractivity contribution in [1.29, 1.82) is 0 Å². The Morgan fingerprint density at radius 1 is 1.42 bits per heavy atom. The molecular weight excluding hydrogens is 336 g/mol. The number of aromatic nitrogens is 3. The van der Waals surface area contributed by atoms with Crippen LogP contribution < -0.4 is 5.73 Å². The number of nitrogens with two attached hydrogens (primary N) is 1. The van der Waals surface area contributed by atoms with Gasteiger partial charge in [0.2, 0.25) is 11.6 Å². The Hall–Kier alpha value is -2.29. The molecule has 126 valence electrons. The van der Waals surface area contributed by atoms with Gasteiger partial charge in [-0.2, -0.15) is 4.98 Å². The van der Waals surface area contributed by atoms with Crippen molar-refractivity contribution in [1.82, 2.24) is 14.8 Å². The lowest BCUT2D eigenvalue weighted by Crippen LogP contribution is -2.33. The van der Waals surface area contributed by atoms with Crippen LogP contribution in [0.3, 0.4) is 0 Å². The van der Waals surface area contributed by atoms with Gasteiger partial charge in [-0.3, -0.25) is 4.79 Å². The molecule has 1 amide bonds. The minimum atomic E-state index is -1.37. The second-order valence-electron chi connectivity index (χ2n) is 5.02. The Balaban J connectivity index is 1.99. The predicted octanol–water partition coefficient (Wildman–Crippen LogP) is -1.55. The molecule has 1 fully saturated rings. The maximum absolute atomic E-state index is 11.3. The lowest BCUT2D eigenvalue weighted by molar-refractivity contribution is -0.0592. The summed E-state index contributed by atoms with van der Waals surface area (Å²) >= 11 is 1.42. The summed E-state index contributed by atoms with van der Waals surface area (Å²) in [5.74, 6) is 4.49. The van der Waals surface area contributed by atoms with Gasteiger partial charge in [-0.05, 0) is 23.3 Å². The zero-order chi connectivity index (χ0) is 17.3. The summed E-state index contributed by atoms with van der Waals surface area (Å²) in [7, 11) is 0. The molecule has 10 heteroatoms. The molecule has 2 aromatic rings. The van der Waals surface area contributed by atoms with Crippen molar-refractivity contribution < 1.29 is 24.9 Å². The topological polar surface area (TPSA) is 144 Å². The van der Waals surface area contributed by atoms with Crippen LogP contribution in [0.15, 0.2) is 17.5 Å². The van der Waals surface area contributed by atoms with Crippen molar-refractivity contribution in [2.24, 2.45) is 5.73 Å².